The average molecular weight is 297 g/mol. The lowest BCUT2D eigenvalue weighted by atomic mass is 10.2. The molecule has 0 aliphatic carbocycles. The smallest absolute Gasteiger partial charge is 0.226 e. The molecule has 110 valence electrons. The number of hydrogen-bond acceptors (Lipinski definition) is 5. The largest absolute Gasteiger partial charge is 0.399 e. The molecule has 2 aromatic rings. The predicted molar refractivity (Wildman–Crippen MR) is 78.2 cm³/mol. The van der Waals surface area contributed by atoms with Gasteiger partial charge in [0.25, 0.3) is 0 Å². The minimum absolute atomic E-state index is 0.0359. The van der Waals surface area contributed by atoms with E-state index in [2.05, 4.69) is 9.97 Å². The summed E-state index contributed by atoms with van der Waals surface area (Å²) in [6, 6.07) is 5.04. The minimum Gasteiger partial charge on any atom is -0.399 e. The van der Waals surface area contributed by atoms with Crippen LogP contribution in [0.4, 0.5) is 5.69 Å². The van der Waals surface area contributed by atoms with Crippen LogP contribution in [0.2, 0.25) is 0 Å². The standard InChI is InChI=1S/C13H19N3O3S/c1-9(2)8-19-5-6-20(17,18)13-15-11-4-3-10(14)7-12(11)16-13/h3-4,7,9H,5-6,8,14H2,1-2H3,(H,15,16). The van der Waals surface area contributed by atoms with Crippen LogP contribution in [0.25, 0.3) is 11.0 Å². The van der Waals surface area contributed by atoms with Gasteiger partial charge in [-0.3, -0.25) is 0 Å². The van der Waals surface area contributed by atoms with E-state index in [0.717, 1.165) is 0 Å². The fourth-order valence-electron chi connectivity index (χ4n) is 1.74. The molecule has 2 rings (SSSR count). The Morgan fingerprint density at radius 2 is 2.15 bits per heavy atom. The predicted octanol–water partition coefficient (Wildman–Crippen LogP) is 1.59. The van der Waals surface area contributed by atoms with Crippen molar-refractivity contribution >= 4 is 26.6 Å². The van der Waals surface area contributed by atoms with Crippen molar-refractivity contribution in [3.05, 3.63) is 18.2 Å². The quantitative estimate of drug-likeness (QED) is 0.623. The highest BCUT2D eigenvalue weighted by Crippen LogP contribution is 2.18. The first-order valence-electron chi connectivity index (χ1n) is 6.44. The molecule has 0 unspecified atom stereocenters. The highest BCUT2D eigenvalue weighted by molar-refractivity contribution is 7.91. The van der Waals surface area contributed by atoms with Crippen molar-refractivity contribution in [2.45, 2.75) is 19.0 Å². The first-order chi connectivity index (χ1) is 9.38. The maximum absolute atomic E-state index is 12.1. The van der Waals surface area contributed by atoms with Gasteiger partial charge in [0.1, 0.15) is 0 Å². The zero-order valence-electron chi connectivity index (χ0n) is 11.6. The van der Waals surface area contributed by atoms with Gasteiger partial charge >= 0.3 is 0 Å². The molecule has 0 atom stereocenters. The topological polar surface area (TPSA) is 98.1 Å². The third-order valence-electron chi connectivity index (χ3n) is 2.73. The Balaban J connectivity index is 2.11. The molecule has 7 heteroatoms. The molecule has 0 aliphatic heterocycles. The zero-order chi connectivity index (χ0) is 14.8. The molecule has 1 aromatic heterocycles. The van der Waals surface area contributed by atoms with Crippen molar-refractivity contribution < 1.29 is 13.2 Å². The molecule has 0 radical (unpaired) electrons. The third-order valence-corrected chi connectivity index (χ3v) is 4.21. The maximum atomic E-state index is 12.1. The summed E-state index contributed by atoms with van der Waals surface area (Å²) in [6.45, 7) is 4.74. The van der Waals surface area contributed by atoms with Crippen molar-refractivity contribution in [2.24, 2.45) is 5.92 Å². The van der Waals surface area contributed by atoms with E-state index in [1.54, 1.807) is 18.2 Å². The van der Waals surface area contributed by atoms with E-state index >= 15 is 0 Å². The monoisotopic (exact) mass is 297 g/mol. The fourth-order valence-corrected chi connectivity index (χ4v) is 2.77. The number of fused-ring (bicyclic) bond motifs is 1. The first kappa shape index (κ1) is 14.8. The number of sulfone groups is 1. The highest BCUT2D eigenvalue weighted by Gasteiger charge is 2.19. The van der Waals surface area contributed by atoms with Crippen molar-refractivity contribution in [3.63, 3.8) is 0 Å². The Bertz CT molecular complexity index is 692. The summed E-state index contributed by atoms with van der Waals surface area (Å²) in [5.74, 6) is 0.293. The van der Waals surface area contributed by atoms with Gasteiger partial charge in [-0.25, -0.2) is 13.4 Å². The number of imidazole rings is 1. The number of anilines is 1. The molecule has 0 saturated heterocycles. The van der Waals surface area contributed by atoms with Crippen LogP contribution in [0.15, 0.2) is 23.4 Å². The summed E-state index contributed by atoms with van der Waals surface area (Å²) in [4.78, 5) is 6.88. The van der Waals surface area contributed by atoms with E-state index in [9.17, 15) is 8.42 Å². The molecular weight excluding hydrogens is 278 g/mol. The summed E-state index contributed by atoms with van der Waals surface area (Å²) in [5.41, 5.74) is 7.41. The van der Waals surface area contributed by atoms with Gasteiger partial charge in [0.2, 0.25) is 15.0 Å². The van der Waals surface area contributed by atoms with Crippen LogP contribution in [0, 0.1) is 5.92 Å². The van der Waals surface area contributed by atoms with Gasteiger partial charge in [0.05, 0.1) is 23.4 Å². The summed E-state index contributed by atoms with van der Waals surface area (Å²) >= 11 is 0. The number of H-pyrrole nitrogens is 1. The van der Waals surface area contributed by atoms with Crippen LogP contribution in [-0.4, -0.2) is 37.4 Å². The number of aromatic amines is 1. The summed E-state index contributed by atoms with van der Waals surface area (Å²) in [5, 5.41) is -0.0359. The summed E-state index contributed by atoms with van der Waals surface area (Å²) in [6.07, 6.45) is 0. The summed E-state index contributed by atoms with van der Waals surface area (Å²) in [7, 11) is -3.47. The van der Waals surface area contributed by atoms with Crippen LogP contribution in [-0.2, 0) is 14.6 Å². The molecule has 0 fully saturated rings. The molecule has 0 bridgehead atoms. The lowest BCUT2D eigenvalue weighted by Crippen LogP contribution is -2.15. The summed E-state index contributed by atoms with van der Waals surface area (Å²) < 4.78 is 29.6. The Labute approximate surface area is 118 Å². The number of ether oxygens (including phenoxy) is 1. The van der Waals surface area contributed by atoms with Crippen molar-refractivity contribution in [2.75, 3.05) is 24.7 Å². The van der Waals surface area contributed by atoms with Gasteiger partial charge in [-0.1, -0.05) is 13.8 Å². The Kier molecular flexibility index (Phi) is 4.29. The molecule has 6 nitrogen and oxygen atoms in total. The molecule has 20 heavy (non-hydrogen) atoms. The van der Waals surface area contributed by atoms with Gasteiger partial charge in [0.15, 0.2) is 0 Å². The van der Waals surface area contributed by atoms with Crippen molar-refractivity contribution in [3.8, 4) is 0 Å². The van der Waals surface area contributed by atoms with Crippen LogP contribution >= 0.6 is 0 Å². The van der Waals surface area contributed by atoms with Crippen molar-refractivity contribution in [1.29, 1.82) is 0 Å². The van der Waals surface area contributed by atoms with E-state index < -0.39 is 9.84 Å². The van der Waals surface area contributed by atoms with E-state index in [0.29, 0.717) is 29.2 Å². The number of nitrogen functional groups attached to an aromatic ring is 1. The number of nitrogens with two attached hydrogens (primary N) is 1. The molecule has 0 spiro atoms. The highest BCUT2D eigenvalue weighted by atomic mass is 32.2. The number of nitrogens with zero attached hydrogens (tertiary/aromatic N) is 1. The number of rotatable bonds is 6. The molecule has 1 aromatic carbocycles. The lowest BCUT2D eigenvalue weighted by molar-refractivity contribution is 0.123. The van der Waals surface area contributed by atoms with Gasteiger partial charge in [-0.15, -0.1) is 0 Å². The third kappa shape index (κ3) is 3.49. The molecule has 0 aliphatic rings. The van der Waals surface area contributed by atoms with E-state index in [-0.39, 0.29) is 17.5 Å². The van der Waals surface area contributed by atoms with Crippen molar-refractivity contribution in [1.82, 2.24) is 9.97 Å². The van der Waals surface area contributed by atoms with Crippen LogP contribution < -0.4 is 5.73 Å². The van der Waals surface area contributed by atoms with Gasteiger partial charge in [-0.2, -0.15) is 0 Å². The van der Waals surface area contributed by atoms with E-state index in [1.807, 2.05) is 13.8 Å². The second kappa shape index (κ2) is 5.80. The first-order valence-corrected chi connectivity index (χ1v) is 8.09. The lowest BCUT2D eigenvalue weighted by Gasteiger charge is -2.06. The Morgan fingerprint density at radius 3 is 2.85 bits per heavy atom. The molecule has 0 saturated carbocycles. The molecule has 3 N–H and O–H groups in total. The van der Waals surface area contributed by atoms with E-state index in [1.165, 1.54) is 0 Å². The maximum Gasteiger partial charge on any atom is 0.226 e. The van der Waals surface area contributed by atoms with E-state index in [4.69, 9.17) is 10.5 Å². The van der Waals surface area contributed by atoms with Gasteiger partial charge in [0, 0.05) is 12.3 Å². The SMILES string of the molecule is CC(C)COCCS(=O)(=O)c1nc2ccc(N)cc2[nH]1. The molecule has 1 heterocycles. The zero-order valence-corrected chi connectivity index (χ0v) is 12.4. The number of aromatic nitrogens is 2. The van der Waals surface area contributed by atoms with Crippen LogP contribution in [0.1, 0.15) is 13.8 Å². The number of hydrogen-bond donors (Lipinski definition) is 2. The second-order valence-corrected chi connectivity index (χ2v) is 7.13. The number of nitrogens with one attached hydrogen (secondary N) is 1. The van der Waals surface area contributed by atoms with Gasteiger partial charge in [-0.05, 0) is 24.1 Å². The minimum atomic E-state index is -3.47. The average Bonchev–Trinajstić information content (AvgIpc) is 2.78. The van der Waals surface area contributed by atoms with Gasteiger partial charge < -0.3 is 15.5 Å². The Morgan fingerprint density at radius 1 is 1.40 bits per heavy atom. The second-order valence-electron chi connectivity index (χ2n) is 5.11. The molecule has 0 amide bonds. The van der Waals surface area contributed by atoms with Crippen LogP contribution in [0.3, 0.4) is 0 Å². The molecular formula is C13H19N3O3S. The normalized spacial score (nSPS) is 12.3. The number of benzene rings is 1. The van der Waals surface area contributed by atoms with Crippen LogP contribution in [0.5, 0.6) is 0 Å². The fraction of sp³-hybridized carbons (Fsp3) is 0.462. The Hall–Kier alpha value is -1.60.